The monoisotopic (exact) mass is 751 g/mol. The SMILES string of the molecule is CCCCCCCCCCCCCCCCCCCCCCCCCCCC(=O)OCC(COC(=O)CCCCCCC)OC(=O)CCCCCCC. The first kappa shape index (κ1) is 51.4. The molecular formula is C47H90O6. The number of carbonyl (C=O) groups excluding carboxylic acids is 3. The largest absolute Gasteiger partial charge is 0.462 e. The second-order valence-corrected chi connectivity index (χ2v) is 16.0. The summed E-state index contributed by atoms with van der Waals surface area (Å²) < 4.78 is 16.5. The first-order valence-electron chi connectivity index (χ1n) is 23.5. The summed E-state index contributed by atoms with van der Waals surface area (Å²) in [7, 11) is 0. The molecule has 0 aromatic carbocycles. The van der Waals surface area contributed by atoms with E-state index in [9.17, 15) is 14.4 Å². The Morgan fingerprint density at radius 2 is 0.509 bits per heavy atom. The Hall–Kier alpha value is -1.59. The molecule has 314 valence electrons. The summed E-state index contributed by atoms with van der Waals surface area (Å²) in [6.07, 6.45) is 44.7. The molecule has 0 aromatic rings. The van der Waals surface area contributed by atoms with Gasteiger partial charge in [-0.15, -0.1) is 0 Å². The number of ether oxygens (including phenoxy) is 3. The lowest BCUT2D eigenvalue weighted by Gasteiger charge is -2.18. The van der Waals surface area contributed by atoms with Gasteiger partial charge in [-0.3, -0.25) is 14.4 Å². The summed E-state index contributed by atoms with van der Waals surface area (Å²) in [5, 5.41) is 0. The summed E-state index contributed by atoms with van der Waals surface area (Å²) in [5.41, 5.74) is 0. The van der Waals surface area contributed by atoms with Crippen LogP contribution in [0.25, 0.3) is 0 Å². The highest BCUT2D eigenvalue weighted by Gasteiger charge is 2.19. The number of hydrogen-bond acceptors (Lipinski definition) is 6. The van der Waals surface area contributed by atoms with Crippen LogP contribution < -0.4 is 0 Å². The first-order valence-corrected chi connectivity index (χ1v) is 23.5. The molecule has 0 heterocycles. The number of carbonyl (C=O) groups is 3. The predicted octanol–water partition coefficient (Wildman–Crippen LogP) is 14.9. The fourth-order valence-electron chi connectivity index (χ4n) is 7.03. The van der Waals surface area contributed by atoms with Crippen LogP contribution in [0.1, 0.15) is 265 Å². The zero-order chi connectivity index (χ0) is 38.7. The Bertz CT molecular complexity index is 783. The van der Waals surface area contributed by atoms with Gasteiger partial charge in [0.2, 0.25) is 0 Å². The van der Waals surface area contributed by atoms with E-state index < -0.39 is 6.10 Å². The molecule has 0 fully saturated rings. The van der Waals surface area contributed by atoms with Crippen molar-refractivity contribution in [3.05, 3.63) is 0 Å². The summed E-state index contributed by atoms with van der Waals surface area (Å²) in [4.78, 5) is 37.1. The molecule has 53 heavy (non-hydrogen) atoms. The molecule has 0 rings (SSSR count). The van der Waals surface area contributed by atoms with Gasteiger partial charge in [-0.2, -0.15) is 0 Å². The third-order valence-electron chi connectivity index (χ3n) is 10.6. The number of hydrogen-bond donors (Lipinski definition) is 0. The van der Waals surface area contributed by atoms with E-state index in [1.54, 1.807) is 0 Å². The lowest BCUT2D eigenvalue weighted by Crippen LogP contribution is -2.30. The molecule has 1 unspecified atom stereocenters. The molecule has 0 saturated carbocycles. The van der Waals surface area contributed by atoms with E-state index in [-0.39, 0.29) is 31.1 Å². The third kappa shape index (κ3) is 41.4. The van der Waals surface area contributed by atoms with Gasteiger partial charge in [0.05, 0.1) is 0 Å². The van der Waals surface area contributed by atoms with Gasteiger partial charge >= 0.3 is 17.9 Å². The number of esters is 3. The highest BCUT2D eigenvalue weighted by Crippen LogP contribution is 2.16. The zero-order valence-corrected chi connectivity index (χ0v) is 35.8. The van der Waals surface area contributed by atoms with E-state index in [2.05, 4.69) is 20.8 Å². The van der Waals surface area contributed by atoms with Crippen LogP contribution in [0.2, 0.25) is 0 Å². The van der Waals surface area contributed by atoms with E-state index >= 15 is 0 Å². The van der Waals surface area contributed by atoms with Gasteiger partial charge in [0.1, 0.15) is 13.2 Å². The van der Waals surface area contributed by atoms with E-state index in [1.807, 2.05) is 0 Å². The Balaban J connectivity index is 3.80. The van der Waals surface area contributed by atoms with Crippen LogP contribution >= 0.6 is 0 Å². The molecule has 0 radical (unpaired) electrons. The minimum atomic E-state index is -0.754. The van der Waals surface area contributed by atoms with Crippen molar-refractivity contribution in [3.8, 4) is 0 Å². The molecule has 0 bridgehead atoms. The predicted molar refractivity (Wildman–Crippen MR) is 224 cm³/mol. The average molecular weight is 751 g/mol. The normalized spacial score (nSPS) is 11.8. The van der Waals surface area contributed by atoms with Gasteiger partial charge in [-0.25, -0.2) is 0 Å². The zero-order valence-electron chi connectivity index (χ0n) is 35.8. The maximum absolute atomic E-state index is 12.4. The van der Waals surface area contributed by atoms with Crippen molar-refractivity contribution < 1.29 is 28.6 Å². The third-order valence-corrected chi connectivity index (χ3v) is 10.6. The Labute approximate surface area is 329 Å². The van der Waals surface area contributed by atoms with Crippen molar-refractivity contribution in [2.45, 2.75) is 271 Å². The van der Waals surface area contributed by atoms with Crippen LogP contribution in [-0.2, 0) is 28.6 Å². The molecule has 0 aliphatic heterocycles. The van der Waals surface area contributed by atoms with E-state index in [0.29, 0.717) is 19.3 Å². The Kier molecular flexibility index (Phi) is 41.8. The van der Waals surface area contributed by atoms with Crippen LogP contribution in [0, 0.1) is 0 Å². The smallest absolute Gasteiger partial charge is 0.306 e. The molecule has 0 aromatic heterocycles. The van der Waals surface area contributed by atoms with Crippen molar-refractivity contribution in [3.63, 3.8) is 0 Å². The van der Waals surface area contributed by atoms with Crippen molar-refractivity contribution >= 4 is 17.9 Å². The second-order valence-electron chi connectivity index (χ2n) is 16.0. The Morgan fingerprint density at radius 1 is 0.302 bits per heavy atom. The van der Waals surface area contributed by atoms with Gasteiger partial charge in [0.25, 0.3) is 0 Å². The minimum Gasteiger partial charge on any atom is -0.462 e. The molecule has 1 atom stereocenters. The molecule has 0 aliphatic carbocycles. The average Bonchev–Trinajstić information content (AvgIpc) is 3.15. The second kappa shape index (κ2) is 43.1. The summed E-state index contributed by atoms with van der Waals surface area (Å²) in [6.45, 7) is 6.49. The van der Waals surface area contributed by atoms with Crippen molar-refractivity contribution in [1.29, 1.82) is 0 Å². The van der Waals surface area contributed by atoms with Gasteiger partial charge in [-0.1, -0.05) is 226 Å². The highest BCUT2D eigenvalue weighted by atomic mass is 16.6. The highest BCUT2D eigenvalue weighted by molar-refractivity contribution is 5.71. The maximum atomic E-state index is 12.4. The quantitative estimate of drug-likeness (QED) is 0.0351. The van der Waals surface area contributed by atoms with Crippen molar-refractivity contribution in [2.75, 3.05) is 13.2 Å². The van der Waals surface area contributed by atoms with Crippen LogP contribution in [0.4, 0.5) is 0 Å². The van der Waals surface area contributed by atoms with E-state index in [1.165, 1.54) is 154 Å². The molecule has 0 aliphatic rings. The molecule has 0 N–H and O–H groups in total. The standard InChI is InChI=1S/C47H90O6/c1-4-7-10-13-14-15-16-17-18-19-20-21-22-23-24-25-26-27-28-29-30-31-32-35-37-40-46(49)52-43-44(53-47(50)41-38-34-12-9-6-3)42-51-45(48)39-36-33-11-8-5-2/h44H,4-43H2,1-3H3. The van der Waals surface area contributed by atoms with Crippen molar-refractivity contribution in [2.24, 2.45) is 0 Å². The maximum Gasteiger partial charge on any atom is 0.306 e. The van der Waals surface area contributed by atoms with Crippen LogP contribution in [0.3, 0.4) is 0 Å². The fourth-order valence-corrected chi connectivity index (χ4v) is 7.03. The lowest BCUT2D eigenvalue weighted by atomic mass is 10.0. The lowest BCUT2D eigenvalue weighted by molar-refractivity contribution is -0.167. The number of unbranched alkanes of at least 4 members (excludes halogenated alkanes) is 32. The topological polar surface area (TPSA) is 78.9 Å². The van der Waals surface area contributed by atoms with Crippen molar-refractivity contribution in [1.82, 2.24) is 0 Å². The molecule has 0 spiro atoms. The van der Waals surface area contributed by atoms with Gasteiger partial charge < -0.3 is 14.2 Å². The first-order chi connectivity index (χ1) is 26.0. The van der Waals surface area contributed by atoms with Gasteiger partial charge in [0, 0.05) is 19.3 Å². The molecule has 6 heteroatoms. The molecule has 6 nitrogen and oxygen atoms in total. The van der Waals surface area contributed by atoms with Crippen LogP contribution in [0.15, 0.2) is 0 Å². The molecular weight excluding hydrogens is 661 g/mol. The van der Waals surface area contributed by atoms with Crippen LogP contribution in [-0.4, -0.2) is 37.2 Å². The van der Waals surface area contributed by atoms with Gasteiger partial charge in [-0.05, 0) is 19.3 Å². The minimum absolute atomic E-state index is 0.0658. The molecule has 0 saturated heterocycles. The summed E-state index contributed by atoms with van der Waals surface area (Å²) >= 11 is 0. The van der Waals surface area contributed by atoms with Crippen LogP contribution in [0.5, 0.6) is 0 Å². The number of rotatable bonds is 43. The van der Waals surface area contributed by atoms with E-state index in [4.69, 9.17) is 14.2 Å². The fraction of sp³-hybridized carbons (Fsp3) is 0.936. The Morgan fingerprint density at radius 3 is 0.755 bits per heavy atom. The van der Waals surface area contributed by atoms with Gasteiger partial charge in [0.15, 0.2) is 6.10 Å². The summed E-state index contributed by atoms with van der Waals surface area (Å²) in [6, 6.07) is 0. The molecule has 0 amide bonds. The summed E-state index contributed by atoms with van der Waals surface area (Å²) in [5.74, 6) is -0.885. The van der Waals surface area contributed by atoms with E-state index in [0.717, 1.165) is 70.6 Å².